The van der Waals surface area contributed by atoms with E-state index in [1.54, 1.807) is 0 Å². The van der Waals surface area contributed by atoms with E-state index in [0.717, 1.165) is 0 Å². The van der Waals surface area contributed by atoms with Crippen LogP contribution in [-0.2, 0) is 9.63 Å². The predicted molar refractivity (Wildman–Crippen MR) is 31.2 cm³/mol. The van der Waals surface area contributed by atoms with Gasteiger partial charge in [-0.3, -0.25) is 4.79 Å². The minimum absolute atomic E-state index is 0.475. The highest BCUT2D eigenvalue weighted by atomic mass is 16.7. The van der Waals surface area contributed by atoms with E-state index in [-0.39, 0.29) is 0 Å². The van der Waals surface area contributed by atoms with Crippen molar-refractivity contribution in [2.45, 2.75) is 26.5 Å². The summed E-state index contributed by atoms with van der Waals surface area (Å²) in [5, 5.41) is 8.88. The molecule has 0 amide bonds. The monoisotopic (exact) mass is 133 g/mol. The average Bonchev–Trinajstić information content (AvgIpc) is 1.59. The lowest BCUT2D eigenvalue weighted by Gasteiger charge is -2.16. The number of hydrogen-bond acceptors (Lipinski definition) is 4. The molecule has 0 aliphatic rings. The number of aliphatic hydroxyl groups is 1. The van der Waals surface area contributed by atoms with E-state index in [0.29, 0.717) is 0 Å². The number of carbonyl (C=O) groups excluding carboxylic acids is 1. The van der Waals surface area contributed by atoms with E-state index in [4.69, 9.17) is 5.11 Å². The van der Waals surface area contributed by atoms with Crippen molar-refractivity contribution in [2.75, 3.05) is 0 Å². The van der Waals surface area contributed by atoms with Gasteiger partial charge in [-0.05, 0) is 13.8 Å². The van der Waals surface area contributed by atoms with Gasteiger partial charge in [-0.2, -0.15) is 0 Å². The van der Waals surface area contributed by atoms with Crippen molar-refractivity contribution in [3.63, 3.8) is 0 Å². The topological polar surface area (TPSA) is 58.6 Å². The molecule has 4 nitrogen and oxygen atoms in total. The minimum Gasteiger partial charge on any atom is -0.373 e. The molecule has 0 atom stereocenters. The molecule has 0 heterocycles. The maximum Gasteiger partial charge on any atom is 0.321 e. The minimum atomic E-state index is -1.16. The molecular formula is C5H11NO3. The zero-order valence-corrected chi connectivity index (χ0v) is 5.76. The standard InChI is InChI=1S/C5H11NO3/c1-4(7)9-6-5(2,3)8/h6,8H,1-3H3. The molecule has 0 saturated carbocycles. The Labute approximate surface area is 53.8 Å². The Balaban J connectivity index is 3.39. The van der Waals surface area contributed by atoms with Gasteiger partial charge in [0.15, 0.2) is 0 Å². The summed E-state index contributed by atoms with van der Waals surface area (Å²) in [5.74, 6) is -0.475. The van der Waals surface area contributed by atoms with Crippen molar-refractivity contribution in [3.05, 3.63) is 0 Å². The molecule has 0 aromatic heterocycles. The van der Waals surface area contributed by atoms with E-state index < -0.39 is 11.7 Å². The van der Waals surface area contributed by atoms with E-state index >= 15 is 0 Å². The molecule has 0 saturated heterocycles. The van der Waals surface area contributed by atoms with Crippen LogP contribution in [-0.4, -0.2) is 16.8 Å². The maximum atomic E-state index is 10.1. The largest absolute Gasteiger partial charge is 0.373 e. The molecule has 54 valence electrons. The molecule has 0 rings (SSSR count). The lowest BCUT2D eigenvalue weighted by atomic mass is 10.3. The quantitative estimate of drug-likeness (QED) is 0.404. The summed E-state index contributed by atoms with van der Waals surface area (Å²) in [6.07, 6.45) is 0. The lowest BCUT2D eigenvalue weighted by Crippen LogP contribution is -2.39. The second-order valence-corrected chi connectivity index (χ2v) is 2.25. The molecule has 0 aromatic rings. The number of hydrogen-bond donors (Lipinski definition) is 2. The van der Waals surface area contributed by atoms with E-state index in [2.05, 4.69) is 10.3 Å². The molecule has 0 unspecified atom stereocenters. The molecule has 0 fully saturated rings. The summed E-state index contributed by atoms with van der Waals surface area (Å²) >= 11 is 0. The third-order valence-electron chi connectivity index (χ3n) is 0.445. The van der Waals surface area contributed by atoms with E-state index in [1.807, 2.05) is 0 Å². The highest BCUT2D eigenvalue weighted by Crippen LogP contribution is 1.92. The normalized spacial score (nSPS) is 11.1. The fourth-order valence-corrected chi connectivity index (χ4v) is 0.197. The van der Waals surface area contributed by atoms with Gasteiger partial charge >= 0.3 is 5.97 Å². The van der Waals surface area contributed by atoms with Crippen LogP contribution in [0.15, 0.2) is 0 Å². The molecule has 0 spiro atoms. The van der Waals surface area contributed by atoms with Crippen LogP contribution in [0, 0.1) is 0 Å². The van der Waals surface area contributed by atoms with E-state index in [1.165, 1.54) is 20.8 Å². The summed E-state index contributed by atoms with van der Waals surface area (Å²) < 4.78 is 0. The highest BCUT2D eigenvalue weighted by Gasteiger charge is 2.11. The van der Waals surface area contributed by atoms with E-state index in [9.17, 15) is 4.79 Å². The van der Waals surface area contributed by atoms with Crippen LogP contribution >= 0.6 is 0 Å². The lowest BCUT2D eigenvalue weighted by molar-refractivity contribution is -0.165. The summed E-state index contributed by atoms with van der Waals surface area (Å²) in [6, 6.07) is 0. The van der Waals surface area contributed by atoms with Gasteiger partial charge in [0.2, 0.25) is 0 Å². The summed E-state index contributed by atoms with van der Waals surface area (Å²) in [4.78, 5) is 14.4. The Kier molecular flexibility index (Phi) is 2.61. The Bertz CT molecular complexity index is 105. The van der Waals surface area contributed by atoms with Crippen molar-refractivity contribution in [1.29, 1.82) is 0 Å². The maximum absolute atomic E-state index is 10.1. The van der Waals surface area contributed by atoms with Gasteiger partial charge < -0.3 is 9.94 Å². The SMILES string of the molecule is CC(=O)ONC(C)(C)O. The molecule has 0 aliphatic carbocycles. The van der Waals surface area contributed by atoms with Gasteiger partial charge in [0.05, 0.1) is 0 Å². The Morgan fingerprint density at radius 3 is 2.22 bits per heavy atom. The first-order chi connectivity index (χ1) is 3.92. The van der Waals surface area contributed by atoms with Crippen LogP contribution in [0.2, 0.25) is 0 Å². The molecule has 2 N–H and O–H groups in total. The van der Waals surface area contributed by atoms with Crippen molar-refractivity contribution in [1.82, 2.24) is 5.48 Å². The third-order valence-corrected chi connectivity index (χ3v) is 0.445. The van der Waals surface area contributed by atoms with Crippen LogP contribution in [0.5, 0.6) is 0 Å². The van der Waals surface area contributed by atoms with Crippen LogP contribution in [0.3, 0.4) is 0 Å². The van der Waals surface area contributed by atoms with Crippen LogP contribution in [0.4, 0.5) is 0 Å². The second-order valence-electron chi connectivity index (χ2n) is 2.25. The van der Waals surface area contributed by atoms with Crippen molar-refractivity contribution < 1.29 is 14.7 Å². The number of rotatable bonds is 2. The second kappa shape index (κ2) is 2.80. The smallest absolute Gasteiger partial charge is 0.321 e. The third kappa shape index (κ3) is 7.39. The van der Waals surface area contributed by atoms with Crippen molar-refractivity contribution >= 4 is 5.97 Å². The summed E-state index contributed by atoms with van der Waals surface area (Å²) in [7, 11) is 0. The van der Waals surface area contributed by atoms with Crippen LogP contribution in [0.1, 0.15) is 20.8 Å². The first-order valence-electron chi connectivity index (χ1n) is 2.59. The van der Waals surface area contributed by atoms with Gasteiger partial charge in [0, 0.05) is 6.92 Å². The number of nitrogens with one attached hydrogen (secondary N) is 1. The molecule has 0 radical (unpaired) electrons. The zero-order chi connectivity index (χ0) is 7.49. The van der Waals surface area contributed by atoms with Gasteiger partial charge in [-0.25, -0.2) is 0 Å². The van der Waals surface area contributed by atoms with Gasteiger partial charge in [0.25, 0.3) is 0 Å². The van der Waals surface area contributed by atoms with Crippen LogP contribution in [0.25, 0.3) is 0 Å². The fraction of sp³-hybridized carbons (Fsp3) is 0.800. The number of hydroxylamine groups is 1. The Morgan fingerprint density at radius 1 is 1.67 bits per heavy atom. The molecule has 9 heavy (non-hydrogen) atoms. The van der Waals surface area contributed by atoms with Gasteiger partial charge in [0.1, 0.15) is 5.72 Å². The molecule has 4 heteroatoms. The van der Waals surface area contributed by atoms with Crippen molar-refractivity contribution in [2.24, 2.45) is 0 Å². The average molecular weight is 133 g/mol. The highest BCUT2D eigenvalue weighted by molar-refractivity contribution is 5.65. The first kappa shape index (κ1) is 8.39. The predicted octanol–water partition coefficient (Wildman–Crippen LogP) is -0.217. The fourth-order valence-electron chi connectivity index (χ4n) is 0.197. The Morgan fingerprint density at radius 2 is 2.11 bits per heavy atom. The van der Waals surface area contributed by atoms with Crippen LogP contribution < -0.4 is 5.48 Å². The number of carbonyl (C=O) groups is 1. The summed E-state index contributed by atoms with van der Waals surface area (Å²) in [6.45, 7) is 4.19. The molecule has 0 aliphatic heterocycles. The van der Waals surface area contributed by atoms with Crippen molar-refractivity contribution in [3.8, 4) is 0 Å². The van der Waals surface area contributed by atoms with Gasteiger partial charge in [-0.15, -0.1) is 5.48 Å². The van der Waals surface area contributed by atoms with Gasteiger partial charge in [-0.1, -0.05) is 0 Å². The molecule has 0 aromatic carbocycles. The molecular weight excluding hydrogens is 122 g/mol. The molecule has 0 bridgehead atoms. The first-order valence-corrected chi connectivity index (χ1v) is 2.59. The summed E-state index contributed by atoms with van der Waals surface area (Å²) in [5.41, 5.74) is 0.966. The Hall–Kier alpha value is -0.610. The zero-order valence-electron chi connectivity index (χ0n) is 5.76.